The van der Waals surface area contributed by atoms with Crippen LogP contribution < -0.4 is 9.64 Å². The first-order valence-corrected chi connectivity index (χ1v) is 15.6. The Balaban J connectivity index is 1.24. The molecule has 4 aliphatic rings. The maximum Gasteiger partial charge on any atom is 0.319 e. The molecule has 0 radical (unpaired) electrons. The third kappa shape index (κ3) is 4.33. The SMILES string of the molecule is CC1CN2CCC[C@@]2(COc2nc(N3CCCC4(CCO4)C3)c3cnc(-c4cc(Cl)cc5ccccc45)c(F)c3n2)C1. The Bertz CT molecular complexity index is 1700. The van der Waals surface area contributed by atoms with Crippen molar-refractivity contribution in [3.05, 3.63) is 53.4 Å². The van der Waals surface area contributed by atoms with E-state index in [-0.39, 0.29) is 28.4 Å². The van der Waals surface area contributed by atoms with Crippen molar-refractivity contribution in [3.63, 3.8) is 0 Å². The lowest BCUT2D eigenvalue weighted by Crippen LogP contribution is -2.56. The summed E-state index contributed by atoms with van der Waals surface area (Å²) in [6.45, 7) is 7.34. The number of hydrogen-bond acceptors (Lipinski definition) is 7. The minimum Gasteiger partial charge on any atom is -0.461 e. The monoisotopic (exact) mass is 587 g/mol. The molecule has 4 saturated heterocycles. The van der Waals surface area contributed by atoms with Gasteiger partial charge in [0.2, 0.25) is 0 Å². The fraction of sp³-hybridized carbons (Fsp3) is 0.485. The van der Waals surface area contributed by atoms with E-state index in [9.17, 15) is 0 Å². The third-order valence-corrected chi connectivity index (χ3v) is 10.2. The summed E-state index contributed by atoms with van der Waals surface area (Å²) in [5.41, 5.74) is 0.943. The summed E-state index contributed by atoms with van der Waals surface area (Å²) in [6.07, 6.45) is 8.14. The lowest BCUT2D eigenvalue weighted by molar-refractivity contribution is -0.151. The van der Waals surface area contributed by atoms with Crippen molar-refractivity contribution in [2.75, 3.05) is 44.3 Å². The van der Waals surface area contributed by atoms with E-state index in [1.54, 1.807) is 12.3 Å². The molecule has 218 valence electrons. The van der Waals surface area contributed by atoms with Gasteiger partial charge in [-0.1, -0.05) is 42.8 Å². The fourth-order valence-corrected chi connectivity index (χ4v) is 8.22. The van der Waals surface area contributed by atoms with Crippen LogP contribution in [-0.2, 0) is 4.74 Å². The molecule has 0 N–H and O–H groups in total. The molecule has 6 heterocycles. The van der Waals surface area contributed by atoms with Crippen molar-refractivity contribution in [3.8, 4) is 17.3 Å². The number of anilines is 1. The number of fused-ring (bicyclic) bond motifs is 3. The molecule has 4 aliphatic heterocycles. The highest BCUT2D eigenvalue weighted by Crippen LogP contribution is 2.43. The number of pyridine rings is 1. The largest absolute Gasteiger partial charge is 0.461 e. The van der Waals surface area contributed by atoms with Crippen LogP contribution in [-0.4, -0.2) is 70.4 Å². The standard InChI is InChI=1S/C33H35ClFN5O2/c1-21-16-32(8-4-12-40(32)18-21)20-41-31-37-29-26(30(38-31)39-11-5-9-33(19-39)10-13-42-33)17-36-28(27(29)35)25-15-23(34)14-22-6-2-3-7-24(22)25/h2-3,6-7,14-15,17,21H,4-5,8-13,16,18-20H2,1H3/t21?,32-,33?/m0/s1. The zero-order valence-electron chi connectivity index (χ0n) is 23.9. The maximum atomic E-state index is 16.7. The van der Waals surface area contributed by atoms with Crippen molar-refractivity contribution in [1.29, 1.82) is 0 Å². The van der Waals surface area contributed by atoms with E-state index in [0.717, 1.165) is 75.7 Å². The van der Waals surface area contributed by atoms with Gasteiger partial charge in [-0.15, -0.1) is 0 Å². The zero-order valence-corrected chi connectivity index (χ0v) is 24.7. The van der Waals surface area contributed by atoms with Crippen molar-refractivity contribution >= 4 is 39.1 Å². The molecule has 3 atom stereocenters. The number of ether oxygens (including phenoxy) is 2. The number of rotatable bonds is 5. The highest BCUT2D eigenvalue weighted by atomic mass is 35.5. The van der Waals surface area contributed by atoms with E-state index in [1.165, 1.54) is 6.42 Å². The Hall–Kier alpha value is -3.07. The molecule has 0 bridgehead atoms. The zero-order chi connectivity index (χ0) is 28.5. The Labute approximate surface area is 250 Å². The number of benzene rings is 2. The lowest BCUT2D eigenvalue weighted by atomic mass is 9.86. The lowest BCUT2D eigenvalue weighted by Gasteiger charge is -2.48. The van der Waals surface area contributed by atoms with Gasteiger partial charge in [-0.2, -0.15) is 9.97 Å². The summed E-state index contributed by atoms with van der Waals surface area (Å²) in [4.78, 5) is 19.1. The molecule has 1 spiro atoms. The van der Waals surface area contributed by atoms with Gasteiger partial charge in [-0.05, 0) is 67.5 Å². The van der Waals surface area contributed by atoms with Gasteiger partial charge in [-0.25, -0.2) is 4.39 Å². The van der Waals surface area contributed by atoms with E-state index in [2.05, 4.69) is 21.7 Å². The number of nitrogens with zero attached hydrogens (tertiary/aromatic N) is 5. The summed E-state index contributed by atoms with van der Waals surface area (Å²) in [5, 5.41) is 2.93. The minimum atomic E-state index is -0.491. The Morgan fingerprint density at radius 2 is 1.95 bits per heavy atom. The van der Waals surface area contributed by atoms with Gasteiger partial charge < -0.3 is 14.4 Å². The Morgan fingerprint density at radius 3 is 2.81 bits per heavy atom. The smallest absolute Gasteiger partial charge is 0.319 e. The predicted octanol–water partition coefficient (Wildman–Crippen LogP) is 6.65. The van der Waals surface area contributed by atoms with Crippen LogP contribution >= 0.6 is 11.6 Å². The van der Waals surface area contributed by atoms with Gasteiger partial charge in [0, 0.05) is 42.8 Å². The molecular weight excluding hydrogens is 553 g/mol. The minimum absolute atomic E-state index is 0.00843. The summed E-state index contributed by atoms with van der Waals surface area (Å²) in [7, 11) is 0. The summed E-state index contributed by atoms with van der Waals surface area (Å²) in [6, 6.07) is 11.7. The van der Waals surface area contributed by atoms with Crippen LogP contribution in [0.4, 0.5) is 10.2 Å². The van der Waals surface area contributed by atoms with E-state index in [1.807, 2.05) is 30.3 Å². The molecule has 2 unspecified atom stereocenters. The van der Waals surface area contributed by atoms with Crippen molar-refractivity contribution in [2.24, 2.45) is 5.92 Å². The van der Waals surface area contributed by atoms with E-state index in [0.29, 0.717) is 34.3 Å². The number of piperidine rings is 1. The van der Waals surface area contributed by atoms with Crippen LogP contribution in [0.3, 0.4) is 0 Å². The van der Waals surface area contributed by atoms with Crippen molar-refractivity contribution in [1.82, 2.24) is 19.9 Å². The van der Waals surface area contributed by atoms with Crippen LogP contribution in [0.5, 0.6) is 6.01 Å². The Morgan fingerprint density at radius 1 is 1.10 bits per heavy atom. The van der Waals surface area contributed by atoms with Gasteiger partial charge in [-0.3, -0.25) is 9.88 Å². The first kappa shape index (κ1) is 26.5. The second kappa shape index (κ2) is 10.00. The van der Waals surface area contributed by atoms with E-state index >= 15 is 4.39 Å². The second-order valence-corrected chi connectivity index (χ2v) is 13.3. The van der Waals surface area contributed by atoms with Crippen LogP contribution in [0.1, 0.15) is 45.4 Å². The number of aromatic nitrogens is 3. The predicted molar refractivity (Wildman–Crippen MR) is 163 cm³/mol. The molecule has 0 saturated carbocycles. The molecule has 2 aromatic heterocycles. The molecule has 4 aromatic rings. The van der Waals surface area contributed by atoms with Crippen molar-refractivity contribution < 1.29 is 13.9 Å². The average molecular weight is 588 g/mol. The molecule has 7 nitrogen and oxygen atoms in total. The normalized spacial score (nSPS) is 27.6. The number of hydrogen-bond donors (Lipinski definition) is 0. The van der Waals surface area contributed by atoms with Gasteiger partial charge in [0.15, 0.2) is 5.82 Å². The fourth-order valence-electron chi connectivity index (χ4n) is 8.00. The molecule has 9 heteroatoms. The van der Waals surface area contributed by atoms with Crippen LogP contribution in [0, 0.1) is 11.7 Å². The van der Waals surface area contributed by atoms with E-state index in [4.69, 9.17) is 31.0 Å². The molecule has 4 fully saturated rings. The summed E-state index contributed by atoms with van der Waals surface area (Å²) >= 11 is 6.48. The highest BCUT2D eigenvalue weighted by molar-refractivity contribution is 6.32. The van der Waals surface area contributed by atoms with Gasteiger partial charge in [0.05, 0.1) is 23.1 Å². The average Bonchev–Trinajstić information content (AvgIpc) is 3.50. The van der Waals surface area contributed by atoms with Crippen LogP contribution in [0.2, 0.25) is 5.02 Å². The molecule has 2 aromatic carbocycles. The molecule has 42 heavy (non-hydrogen) atoms. The maximum absolute atomic E-state index is 16.7. The number of halogens is 2. The van der Waals surface area contributed by atoms with Gasteiger partial charge in [0.25, 0.3) is 0 Å². The summed E-state index contributed by atoms with van der Waals surface area (Å²) < 4.78 is 29.2. The molecule has 0 amide bonds. The quantitative estimate of drug-likeness (QED) is 0.259. The molecule has 8 rings (SSSR count). The van der Waals surface area contributed by atoms with Crippen LogP contribution in [0.25, 0.3) is 32.9 Å². The molecule has 0 aliphatic carbocycles. The Kier molecular flexibility index (Phi) is 6.32. The summed E-state index contributed by atoms with van der Waals surface area (Å²) in [5.74, 6) is 0.807. The first-order valence-electron chi connectivity index (χ1n) is 15.2. The second-order valence-electron chi connectivity index (χ2n) is 12.9. The van der Waals surface area contributed by atoms with Crippen LogP contribution in [0.15, 0.2) is 42.6 Å². The first-order chi connectivity index (χ1) is 20.4. The molecular formula is C33H35ClFN5O2. The van der Waals surface area contributed by atoms with Gasteiger partial charge in [0.1, 0.15) is 23.6 Å². The third-order valence-electron chi connectivity index (χ3n) is 10.0. The highest BCUT2D eigenvalue weighted by Gasteiger charge is 2.48. The van der Waals surface area contributed by atoms with E-state index < -0.39 is 5.82 Å². The topological polar surface area (TPSA) is 63.6 Å². The van der Waals surface area contributed by atoms with Gasteiger partial charge >= 0.3 is 6.01 Å². The van der Waals surface area contributed by atoms with Crippen molar-refractivity contribution in [2.45, 2.75) is 56.6 Å².